The highest BCUT2D eigenvalue weighted by molar-refractivity contribution is 7.23. The van der Waals surface area contributed by atoms with Crippen LogP contribution in [0.1, 0.15) is 114 Å². The molecule has 10 rings (SSSR count). The number of nitrogens with one attached hydrogen (secondary N) is 3. The first-order chi connectivity index (χ1) is 40.0. The number of para-hydroxylation sites is 2. The van der Waals surface area contributed by atoms with E-state index in [1.54, 1.807) is 48.7 Å². The molecule has 4 aromatic carbocycles. The van der Waals surface area contributed by atoms with E-state index in [9.17, 15) is 24.0 Å². The number of carbonyl (C=O) groups is 5. The topological polar surface area (TPSA) is 185 Å². The first-order valence-corrected chi connectivity index (χ1v) is 31.6. The van der Waals surface area contributed by atoms with Crippen LogP contribution < -0.4 is 16.0 Å². The normalized spacial score (nSPS) is 13.5. The van der Waals surface area contributed by atoms with Crippen LogP contribution in [0.4, 0.5) is 24.4 Å². The molecule has 0 spiro atoms. The Kier molecular flexibility index (Phi) is 21.7. The third kappa shape index (κ3) is 15.9. The van der Waals surface area contributed by atoms with Gasteiger partial charge in [0.15, 0.2) is 0 Å². The van der Waals surface area contributed by atoms with Crippen LogP contribution in [0.15, 0.2) is 109 Å². The van der Waals surface area contributed by atoms with Gasteiger partial charge in [0.25, 0.3) is 0 Å². The molecule has 8 aromatic rings. The van der Waals surface area contributed by atoms with E-state index in [0.717, 1.165) is 100 Å². The number of fused-ring (bicyclic) bond motifs is 4. The number of hydrogen-bond donors (Lipinski definition) is 3. The third-order valence-electron chi connectivity index (χ3n) is 14.4. The maximum absolute atomic E-state index is 13.4. The summed E-state index contributed by atoms with van der Waals surface area (Å²) in [6, 6.07) is 35.1. The molecule has 0 saturated carbocycles. The van der Waals surface area contributed by atoms with Crippen molar-refractivity contribution in [3.63, 3.8) is 0 Å². The number of hydrogen-bond acceptors (Lipinski definition) is 15. The highest BCUT2D eigenvalue weighted by Gasteiger charge is 2.33. The number of benzene rings is 4. The summed E-state index contributed by atoms with van der Waals surface area (Å²) in [5.74, 6) is -0.327. The smallest absolute Gasteiger partial charge is 0.410 e. The van der Waals surface area contributed by atoms with Gasteiger partial charge in [0.05, 0.1) is 27.0 Å². The van der Waals surface area contributed by atoms with Crippen LogP contribution in [-0.4, -0.2) is 98.6 Å². The van der Waals surface area contributed by atoms with Gasteiger partial charge in [0, 0.05) is 72.0 Å². The van der Waals surface area contributed by atoms with Crippen molar-refractivity contribution in [2.75, 3.05) is 36.8 Å². The Hall–Kier alpha value is -7.23. The van der Waals surface area contributed by atoms with Crippen molar-refractivity contribution in [3.05, 3.63) is 141 Å². The molecule has 20 heteroatoms. The summed E-state index contributed by atoms with van der Waals surface area (Å²) in [6.45, 7) is 17.0. The van der Waals surface area contributed by atoms with Crippen LogP contribution in [0.3, 0.4) is 0 Å². The first-order valence-electron chi connectivity index (χ1n) is 28.3. The summed E-state index contributed by atoms with van der Waals surface area (Å²) >= 11 is 6.33. The second-order valence-electron chi connectivity index (χ2n) is 21.5. The van der Waals surface area contributed by atoms with E-state index in [0.29, 0.717) is 24.5 Å². The van der Waals surface area contributed by atoms with E-state index in [4.69, 9.17) is 24.2 Å². The molecule has 2 aliphatic heterocycles. The van der Waals surface area contributed by atoms with Gasteiger partial charge in [-0.15, -0.1) is 45.3 Å². The van der Waals surface area contributed by atoms with E-state index in [-0.39, 0.29) is 76.6 Å². The molecule has 6 heterocycles. The molecule has 0 saturated heterocycles. The van der Waals surface area contributed by atoms with Gasteiger partial charge in [-0.3, -0.25) is 9.59 Å². The van der Waals surface area contributed by atoms with Crippen molar-refractivity contribution >= 4 is 106 Å². The van der Waals surface area contributed by atoms with Crippen molar-refractivity contribution < 1.29 is 38.2 Å². The first kappa shape index (κ1) is 62.8. The molecule has 16 nitrogen and oxygen atoms in total. The fourth-order valence-corrected chi connectivity index (χ4v) is 14.4. The Labute approximate surface area is 508 Å². The molecule has 4 aromatic heterocycles. The summed E-state index contributed by atoms with van der Waals surface area (Å²) in [6.07, 6.45) is 2.14. The fourth-order valence-electron chi connectivity index (χ4n) is 9.66. The molecule has 0 bridgehead atoms. The molecule has 2 atom stereocenters. The lowest BCUT2D eigenvalue weighted by Crippen LogP contribution is -2.40. The maximum atomic E-state index is 13.4. The maximum Gasteiger partial charge on any atom is 0.410 e. The monoisotopic (exact) mass is 1210 g/mol. The number of anilines is 2. The molecule has 0 aliphatic carbocycles. The van der Waals surface area contributed by atoms with Crippen molar-refractivity contribution in [3.8, 4) is 21.1 Å². The molecule has 2 unspecified atom stereocenters. The third-order valence-corrected chi connectivity index (χ3v) is 18.8. The van der Waals surface area contributed by atoms with E-state index in [1.165, 1.54) is 21.8 Å². The molecule has 0 fully saturated rings. The molecular weight excluding hydrogens is 1140 g/mol. The Morgan fingerprint density at radius 2 is 1.08 bits per heavy atom. The van der Waals surface area contributed by atoms with Gasteiger partial charge in [-0.2, -0.15) is 0 Å². The Balaban J connectivity index is 0.000000219. The molecular formula is C64H76N8O8S4. The van der Waals surface area contributed by atoms with E-state index >= 15 is 0 Å². The molecule has 3 N–H and O–H groups in total. The van der Waals surface area contributed by atoms with E-state index < -0.39 is 17.8 Å². The summed E-state index contributed by atoms with van der Waals surface area (Å²) in [7, 11) is 0. The fraction of sp³-hybridized carbons (Fsp3) is 0.391. The Morgan fingerprint density at radius 1 is 0.631 bits per heavy atom. The lowest BCUT2D eigenvalue weighted by Gasteiger charge is -2.30. The van der Waals surface area contributed by atoms with Crippen molar-refractivity contribution in [2.45, 2.75) is 138 Å². The SMILES string of the molecule is C.CCC(C)N(CCC(=O)Nc1sc2c(c1-c1nc3ccccc3s1)CCN(C(=O)OC(C)(C)C)C2)C(=O)OCc1ccccc1.CCC(C)N(CCC(=O)Nc1sc2c(c1-c1nc3ccccc3s1)CCNC2)C(=O)OCc1ccccc1. The summed E-state index contributed by atoms with van der Waals surface area (Å²) < 4.78 is 19.0. The van der Waals surface area contributed by atoms with Crippen LogP contribution >= 0.6 is 45.3 Å². The predicted molar refractivity (Wildman–Crippen MR) is 341 cm³/mol. The number of amides is 5. The number of rotatable bonds is 18. The van der Waals surface area contributed by atoms with Gasteiger partial charge in [0.1, 0.15) is 38.8 Å². The second-order valence-corrected chi connectivity index (χ2v) is 25.8. The van der Waals surface area contributed by atoms with Crippen LogP contribution in [0.2, 0.25) is 0 Å². The largest absolute Gasteiger partial charge is 0.445 e. The van der Waals surface area contributed by atoms with Gasteiger partial charge in [0.2, 0.25) is 11.8 Å². The van der Waals surface area contributed by atoms with Gasteiger partial charge in [-0.25, -0.2) is 24.4 Å². The Bertz CT molecular complexity index is 3470. The molecule has 5 amide bonds. The number of carbonyl (C=O) groups excluding carboxylic acids is 5. The average molecular weight is 1210 g/mol. The van der Waals surface area contributed by atoms with Gasteiger partial charge >= 0.3 is 18.3 Å². The zero-order valence-corrected chi connectivity index (χ0v) is 51.3. The predicted octanol–water partition coefficient (Wildman–Crippen LogP) is 15.2. The average Bonchev–Trinajstić information content (AvgIpc) is 4.08. The van der Waals surface area contributed by atoms with Crippen molar-refractivity contribution in [2.24, 2.45) is 0 Å². The lowest BCUT2D eigenvalue weighted by molar-refractivity contribution is -0.117. The zero-order chi connectivity index (χ0) is 58.6. The van der Waals surface area contributed by atoms with Crippen LogP contribution in [0.25, 0.3) is 41.6 Å². The summed E-state index contributed by atoms with van der Waals surface area (Å²) in [5.41, 5.74) is 7.44. The molecule has 0 radical (unpaired) electrons. The van der Waals surface area contributed by atoms with Gasteiger partial charge in [-0.05, 0) is 113 Å². The minimum Gasteiger partial charge on any atom is -0.445 e. The molecule has 84 heavy (non-hydrogen) atoms. The van der Waals surface area contributed by atoms with Crippen LogP contribution in [-0.2, 0) is 62.9 Å². The highest BCUT2D eigenvalue weighted by atomic mass is 32.1. The summed E-state index contributed by atoms with van der Waals surface area (Å²) in [4.78, 5) is 82.5. The number of thiophene rings is 2. The van der Waals surface area contributed by atoms with Gasteiger partial charge in [-0.1, -0.05) is 106 Å². The number of aromatic nitrogens is 2. The van der Waals surface area contributed by atoms with E-state index in [1.807, 2.05) is 152 Å². The minimum absolute atomic E-state index is 0. The molecule has 444 valence electrons. The zero-order valence-electron chi connectivity index (χ0n) is 48.1. The van der Waals surface area contributed by atoms with Crippen LogP contribution in [0.5, 0.6) is 0 Å². The minimum atomic E-state index is -0.588. The molecule has 2 aliphatic rings. The number of ether oxygens (including phenoxy) is 3. The summed E-state index contributed by atoms with van der Waals surface area (Å²) in [5, 5.41) is 13.0. The number of thiazole rings is 2. The standard InChI is InChI=1S/C34H40N4O5S2.C29H32N4O3S2.CH4/c1-6-22(2)38(33(41)42-21-23-12-8-7-9-13-23)19-17-28(39)36-31-29(30-35-25-14-10-11-15-26(25)44-30)24-16-18-37(20-27(24)45-31)32(40)43-34(3,4)5;1-3-19(2)33(29(35)36-18-20-9-5-4-6-10-20)16-14-25(34)32-28-26(21-13-15-30-17-24(21)38-28)27-31-22-11-7-8-12-23(22)37-27;/h7-15,22H,6,16-21H2,1-5H3,(H,36,39);4-12,19,30H,3,13-18H2,1-2H3,(H,32,34);1H4. The second kappa shape index (κ2) is 29.0. The van der Waals surface area contributed by atoms with E-state index in [2.05, 4.69) is 22.0 Å². The van der Waals surface area contributed by atoms with Gasteiger partial charge < -0.3 is 44.9 Å². The lowest BCUT2D eigenvalue weighted by atomic mass is 10.0. The number of nitrogens with zero attached hydrogens (tertiary/aromatic N) is 5. The van der Waals surface area contributed by atoms with Crippen LogP contribution in [0, 0.1) is 0 Å². The quantitative estimate of drug-likeness (QED) is 0.0695. The van der Waals surface area contributed by atoms with Crippen molar-refractivity contribution in [1.29, 1.82) is 0 Å². The Morgan fingerprint density at radius 3 is 1.55 bits per heavy atom. The highest BCUT2D eigenvalue weighted by Crippen LogP contribution is 2.47. The van der Waals surface area contributed by atoms with Crippen molar-refractivity contribution in [1.82, 2.24) is 30.0 Å².